The number of carbonyl (C=O) groups is 1. The molecule has 1 aliphatic carbocycles. The summed E-state index contributed by atoms with van der Waals surface area (Å²) >= 11 is 0. The Morgan fingerprint density at radius 1 is 1.21 bits per heavy atom. The normalized spacial score (nSPS) is 30.2. The maximum Gasteiger partial charge on any atom is 0.410 e. The monoisotopic (exact) mass is 412 g/mol. The van der Waals surface area contributed by atoms with Crippen molar-refractivity contribution in [3.63, 3.8) is 0 Å². The zero-order valence-electron chi connectivity index (χ0n) is 18.7. The highest BCUT2D eigenvalue weighted by Gasteiger charge is 2.42. The summed E-state index contributed by atoms with van der Waals surface area (Å²) < 4.78 is 23.5. The van der Waals surface area contributed by atoms with Gasteiger partial charge in [0.15, 0.2) is 0 Å². The van der Waals surface area contributed by atoms with E-state index in [0.29, 0.717) is 25.8 Å². The predicted octanol–water partition coefficient (Wildman–Crippen LogP) is 3.09. The summed E-state index contributed by atoms with van der Waals surface area (Å²) in [5.74, 6) is 0. The van der Waals surface area contributed by atoms with Crippen molar-refractivity contribution >= 4 is 6.09 Å². The maximum atomic E-state index is 12.1. The van der Waals surface area contributed by atoms with Gasteiger partial charge in [-0.2, -0.15) is 0 Å². The average molecular weight is 413 g/mol. The molecule has 1 saturated carbocycles. The summed E-state index contributed by atoms with van der Waals surface area (Å²) in [5.41, 5.74) is 6.05. The van der Waals surface area contributed by atoms with E-state index >= 15 is 0 Å². The Hall–Kier alpha value is -0.890. The molecule has 2 atom stereocenters. The van der Waals surface area contributed by atoms with Gasteiger partial charge in [0.2, 0.25) is 0 Å². The molecule has 2 N–H and O–H groups in total. The summed E-state index contributed by atoms with van der Waals surface area (Å²) in [6.07, 6.45) is 6.66. The maximum absolute atomic E-state index is 12.1. The minimum Gasteiger partial charge on any atom is -0.444 e. The van der Waals surface area contributed by atoms with Gasteiger partial charge in [-0.3, -0.25) is 0 Å². The van der Waals surface area contributed by atoms with Crippen LogP contribution in [-0.4, -0.2) is 73.9 Å². The number of rotatable bonds is 7. The molecule has 7 nitrogen and oxygen atoms in total. The van der Waals surface area contributed by atoms with E-state index in [9.17, 15) is 4.79 Å². The van der Waals surface area contributed by atoms with E-state index in [1.54, 1.807) is 4.90 Å². The first kappa shape index (κ1) is 22.8. The lowest BCUT2D eigenvalue weighted by molar-refractivity contribution is -0.151. The predicted molar refractivity (Wildman–Crippen MR) is 111 cm³/mol. The molecule has 3 aliphatic heterocycles. The van der Waals surface area contributed by atoms with Crippen LogP contribution in [0, 0.1) is 5.41 Å². The minimum atomic E-state index is -0.462. The SMILES string of the molecule is C[C@@H](OCC12CCC(CC1)OC2)[C@H](N)COC1CCN(C(=O)OC(C)(C)C)CC1. The Labute approximate surface area is 175 Å². The zero-order valence-corrected chi connectivity index (χ0v) is 18.7. The van der Waals surface area contributed by atoms with Gasteiger partial charge in [-0.1, -0.05) is 0 Å². The lowest BCUT2D eigenvalue weighted by Crippen LogP contribution is -2.48. The standard InChI is InChI=1S/C22H40N2O5/c1-16(27-14-22-9-5-17(6-10-22)28-15-22)19(23)13-26-18-7-11-24(12-8-18)20(25)29-21(2,3)4/h16-19H,5-15,23H2,1-4H3/t16-,17?,19-,22?/m1/s1. The van der Waals surface area contributed by atoms with Crippen molar-refractivity contribution in [2.24, 2.45) is 11.1 Å². The number of fused-ring (bicyclic) bond motifs is 3. The van der Waals surface area contributed by atoms with Gasteiger partial charge in [-0.25, -0.2) is 4.79 Å². The molecule has 2 bridgehead atoms. The lowest BCUT2D eigenvalue weighted by Gasteiger charge is -2.46. The van der Waals surface area contributed by atoms with Gasteiger partial charge >= 0.3 is 6.09 Å². The topological polar surface area (TPSA) is 83.3 Å². The number of nitrogens with zero attached hydrogens (tertiary/aromatic N) is 1. The van der Waals surface area contributed by atoms with E-state index in [4.69, 9.17) is 24.7 Å². The highest BCUT2D eigenvalue weighted by atomic mass is 16.6. The van der Waals surface area contributed by atoms with Crippen LogP contribution in [0.3, 0.4) is 0 Å². The number of piperidine rings is 1. The van der Waals surface area contributed by atoms with Crippen molar-refractivity contribution in [2.75, 3.05) is 32.9 Å². The molecule has 0 aromatic carbocycles. The van der Waals surface area contributed by atoms with Crippen LogP contribution in [0.2, 0.25) is 0 Å². The number of hydrogen-bond acceptors (Lipinski definition) is 6. The first-order valence-corrected chi connectivity index (χ1v) is 11.2. The first-order valence-electron chi connectivity index (χ1n) is 11.2. The van der Waals surface area contributed by atoms with Crippen LogP contribution in [0.25, 0.3) is 0 Å². The second-order valence-corrected chi connectivity index (χ2v) is 10.2. The van der Waals surface area contributed by atoms with Crippen LogP contribution >= 0.6 is 0 Å². The molecule has 4 aliphatic rings. The van der Waals surface area contributed by atoms with E-state index in [0.717, 1.165) is 38.9 Å². The van der Waals surface area contributed by atoms with Gasteiger partial charge in [-0.05, 0) is 66.2 Å². The van der Waals surface area contributed by atoms with Crippen molar-refractivity contribution in [2.45, 2.75) is 96.2 Å². The highest BCUT2D eigenvalue weighted by molar-refractivity contribution is 5.68. The van der Waals surface area contributed by atoms with Crippen molar-refractivity contribution in [1.82, 2.24) is 4.90 Å². The van der Waals surface area contributed by atoms with Gasteiger partial charge in [0.25, 0.3) is 0 Å². The summed E-state index contributed by atoms with van der Waals surface area (Å²) in [6.45, 7) is 11.0. The minimum absolute atomic E-state index is 0.0501. The van der Waals surface area contributed by atoms with Crippen LogP contribution in [0.1, 0.15) is 66.2 Å². The van der Waals surface area contributed by atoms with Crippen molar-refractivity contribution in [1.29, 1.82) is 0 Å². The molecule has 0 aromatic rings. The lowest BCUT2D eigenvalue weighted by atomic mass is 9.72. The number of ether oxygens (including phenoxy) is 4. The fourth-order valence-corrected chi connectivity index (χ4v) is 4.34. The molecule has 0 unspecified atom stereocenters. The second kappa shape index (κ2) is 9.50. The van der Waals surface area contributed by atoms with Gasteiger partial charge in [0, 0.05) is 18.5 Å². The fraction of sp³-hybridized carbons (Fsp3) is 0.955. The molecule has 29 heavy (non-hydrogen) atoms. The van der Waals surface area contributed by atoms with E-state index in [2.05, 4.69) is 0 Å². The molecule has 7 heteroatoms. The molecule has 4 rings (SSSR count). The Balaban J connectivity index is 1.32. The molecule has 168 valence electrons. The van der Waals surface area contributed by atoms with Crippen molar-refractivity contribution in [3.05, 3.63) is 0 Å². The molecule has 0 radical (unpaired) electrons. The molecule has 3 heterocycles. The smallest absolute Gasteiger partial charge is 0.410 e. The summed E-state index contributed by atoms with van der Waals surface area (Å²) in [5, 5.41) is 0. The largest absolute Gasteiger partial charge is 0.444 e. The number of carbonyl (C=O) groups excluding carboxylic acids is 1. The third kappa shape index (κ3) is 6.54. The fourth-order valence-electron chi connectivity index (χ4n) is 4.34. The van der Waals surface area contributed by atoms with Crippen LogP contribution in [0.5, 0.6) is 0 Å². The Kier molecular flexibility index (Phi) is 7.46. The third-order valence-corrected chi connectivity index (χ3v) is 6.49. The van der Waals surface area contributed by atoms with Gasteiger partial charge < -0.3 is 29.6 Å². The second-order valence-electron chi connectivity index (χ2n) is 10.2. The van der Waals surface area contributed by atoms with Crippen molar-refractivity contribution in [3.8, 4) is 0 Å². The van der Waals surface area contributed by atoms with Gasteiger partial charge in [0.05, 0.1) is 44.2 Å². The van der Waals surface area contributed by atoms with Gasteiger partial charge in [-0.15, -0.1) is 0 Å². The van der Waals surface area contributed by atoms with Crippen LogP contribution in [0.4, 0.5) is 4.79 Å². The Morgan fingerprint density at radius 3 is 2.41 bits per heavy atom. The van der Waals surface area contributed by atoms with E-state index in [1.807, 2.05) is 27.7 Å². The molecule has 4 fully saturated rings. The number of hydrogen-bond donors (Lipinski definition) is 1. The van der Waals surface area contributed by atoms with E-state index < -0.39 is 5.60 Å². The first-order chi connectivity index (χ1) is 13.7. The van der Waals surface area contributed by atoms with Crippen molar-refractivity contribution < 1.29 is 23.7 Å². The summed E-state index contributed by atoms with van der Waals surface area (Å²) in [6, 6.07) is -0.156. The summed E-state index contributed by atoms with van der Waals surface area (Å²) in [4.78, 5) is 13.9. The Bertz CT molecular complexity index is 520. The Morgan fingerprint density at radius 2 is 1.86 bits per heavy atom. The third-order valence-electron chi connectivity index (χ3n) is 6.49. The number of amides is 1. The highest BCUT2D eigenvalue weighted by Crippen LogP contribution is 2.43. The van der Waals surface area contributed by atoms with Crippen LogP contribution in [0.15, 0.2) is 0 Å². The number of likely N-dealkylation sites (tertiary alicyclic amines) is 1. The van der Waals surface area contributed by atoms with Crippen LogP contribution in [-0.2, 0) is 18.9 Å². The molecular formula is C22H40N2O5. The zero-order chi connectivity index (χ0) is 21.1. The van der Waals surface area contributed by atoms with Crippen LogP contribution < -0.4 is 5.73 Å². The molecular weight excluding hydrogens is 372 g/mol. The number of nitrogens with two attached hydrogens (primary N) is 1. The van der Waals surface area contributed by atoms with E-state index in [-0.39, 0.29) is 29.8 Å². The molecule has 0 aromatic heterocycles. The van der Waals surface area contributed by atoms with E-state index in [1.165, 1.54) is 12.8 Å². The molecule has 1 amide bonds. The molecule has 3 saturated heterocycles. The molecule has 0 spiro atoms. The van der Waals surface area contributed by atoms with Gasteiger partial charge in [0.1, 0.15) is 5.60 Å². The summed E-state index contributed by atoms with van der Waals surface area (Å²) in [7, 11) is 0. The quantitative estimate of drug-likeness (QED) is 0.692. The average Bonchev–Trinajstić information content (AvgIpc) is 2.70.